The lowest BCUT2D eigenvalue weighted by Crippen LogP contribution is -2.61. The number of alkyl halides is 5. The van der Waals surface area contributed by atoms with Gasteiger partial charge in [0.1, 0.15) is 5.75 Å². The lowest BCUT2D eigenvalue weighted by molar-refractivity contribution is -0.0500. The molecule has 3 aromatic carbocycles. The van der Waals surface area contributed by atoms with Crippen LogP contribution < -0.4 is 9.92 Å². The van der Waals surface area contributed by atoms with Gasteiger partial charge in [0, 0.05) is 59.7 Å². The molecule has 3 aliphatic heterocycles. The van der Waals surface area contributed by atoms with Gasteiger partial charge in [0.2, 0.25) is 0 Å². The van der Waals surface area contributed by atoms with Gasteiger partial charge in [0.05, 0.1) is 5.34 Å². The molecule has 0 amide bonds. The van der Waals surface area contributed by atoms with Crippen molar-refractivity contribution in [2.45, 2.75) is 201 Å². The zero-order valence-electron chi connectivity index (χ0n) is 45.3. The minimum atomic E-state index is -5.65. The van der Waals surface area contributed by atoms with E-state index in [1.165, 1.54) is 160 Å². The monoisotopic (exact) mass is 1100 g/mol. The van der Waals surface area contributed by atoms with E-state index in [9.17, 15) is 21.6 Å². The highest BCUT2D eigenvalue weighted by molar-refractivity contribution is 7.88. The molecule has 0 aromatic heterocycles. The lowest BCUT2D eigenvalue weighted by Gasteiger charge is -2.59. The Morgan fingerprint density at radius 1 is 0.553 bits per heavy atom. The Morgan fingerprint density at radius 3 is 1.34 bits per heavy atom. The number of fused-ring (bicyclic) bond motifs is 3. The highest BCUT2D eigenvalue weighted by atomic mass is 35.5. The van der Waals surface area contributed by atoms with Crippen LogP contribution in [0.3, 0.4) is 0 Å². The molecule has 3 aromatic rings. The molecule has 15 rings (SSSR count). The first-order chi connectivity index (χ1) is 36.6. The smallest absolute Gasteiger partial charge is 0.399 e. The van der Waals surface area contributed by atoms with Crippen molar-refractivity contribution in [1.82, 2.24) is 14.7 Å². The van der Waals surface area contributed by atoms with Crippen LogP contribution in [0.2, 0.25) is 0 Å². The van der Waals surface area contributed by atoms with Gasteiger partial charge in [0.15, 0.2) is 0 Å². The number of piperidine rings is 3. The summed E-state index contributed by atoms with van der Waals surface area (Å²) in [6.07, 6.45) is 31.9. The van der Waals surface area contributed by atoms with E-state index in [0.29, 0.717) is 22.8 Å². The number of nitrogens with zero attached hydrogens (tertiary/aromatic N) is 3. The maximum absolute atomic E-state index is 12.8. The van der Waals surface area contributed by atoms with Crippen molar-refractivity contribution in [2.24, 2.45) is 35.5 Å². The zero-order chi connectivity index (χ0) is 52.6. The molecule has 2 N–H and O–H groups in total. The third-order valence-corrected chi connectivity index (χ3v) is 23.0. The van der Waals surface area contributed by atoms with Crippen molar-refractivity contribution in [1.29, 1.82) is 0 Å². The van der Waals surface area contributed by atoms with Crippen molar-refractivity contribution >= 4 is 39.0 Å². The Labute approximate surface area is 463 Å². The average molecular weight is 1110 g/mol. The van der Waals surface area contributed by atoms with Crippen molar-refractivity contribution in [3.8, 4) is 5.75 Å². The van der Waals surface area contributed by atoms with Crippen LogP contribution in [0.15, 0.2) is 54.6 Å². The molecule has 0 spiro atoms. The first kappa shape index (κ1) is 54.1. The molecule has 13 heteroatoms. The van der Waals surface area contributed by atoms with Crippen LogP contribution in [0.1, 0.15) is 174 Å². The molecule has 6 saturated carbocycles. The van der Waals surface area contributed by atoms with Crippen LogP contribution in [0.4, 0.5) is 18.9 Å². The van der Waals surface area contributed by atoms with Gasteiger partial charge in [-0.2, -0.15) is 21.6 Å². The van der Waals surface area contributed by atoms with Crippen molar-refractivity contribution in [3.63, 3.8) is 0 Å². The van der Waals surface area contributed by atoms with Crippen LogP contribution in [-0.4, -0.2) is 91.4 Å². The molecule has 9 unspecified atom stereocenters. The normalized spacial score (nSPS) is 34.3. The van der Waals surface area contributed by atoms with E-state index in [-0.39, 0.29) is 16.5 Å². The number of nitrogens with two attached hydrogens (primary N) is 1. The van der Waals surface area contributed by atoms with Gasteiger partial charge < -0.3 is 9.92 Å². The molecule has 3 saturated heterocycles. The third kappa shape index (κ3) is 10.3. The summed E-state index contributed by atoms with van der Waals surface area (Å²) >= 11 is 9.53. The topological polar surface area (TPSA) is 79.1 Å². The Kier molecular flexibility index (Phi) is 15.2. The summed E-state index contributed by atoms with van der Waals surface area (Å²) in [5.74, 6) is 4.99. The van der Waals surface area contributed by atoms with E-state index in [1.807, 2.05) is 0 Å². The number of anilines is 1. The Bertz CT molecular complexity index is 2590. The predicted octanol–water partition coefficient (Wildman–Crippen LogP) is 14.0. The van der Waals surface area contributed by atoms with Crippen LogP contribution >= 0.6 is 23.2 Å². The van der Waals surface area contributed by atoms with Crippen molar-refractivity contribution in [3.05, 3.63) is 93.5 Å². The number of rotatable bonds is 8. The second-order valence-corrected chi connectivity index (χ2v) is 28.7. The molecule has 7 nitrogen and oxygen atoms in total. The summed E-state index contributed by atoms with van der Waals surface area (Å²) < 4.78 is 65.7. The highest BCUT2D eigenvalue weighted by Gasteiger charge is 2.57. The number of likely N-dealkylation sites (tertiary alicyclic amines) is 3. The predicted molar refractivity (Wildman–Crippen MR) is 301 cm³/mol. The van der Waals surface area contributed by atoms with Crippen LogP contribution in [-0.2, 0) is 45.6 Å². The Hall–Kier alpha value is -2.54. The number of hydrogen-bond acceptors (Lipinski definition) is 7. The summed E-state index contributed by atoms with van der Waals surface area (Å²) in [5, 5.41) is 0.194. The largest absolute Gasteiger partial charge is 0.534 e. The van der Waals surface area contributed by atoms with E-state index >= 15 is 0 Å². The highest BCUT2D eigenvalue weighted by Crippen LogP contribution is 2.60. The number of aryl methyl sites for hydroxylation is 1. The number of halogens is 5. The minimum absolute atomic E-state index is 0.0576. The number of nitrogen functional groups attached to an aromatic ring is 1. The van der Waals surface area contributed by atoms with Gasteiger partial charge in [-0.05, 0) is 235 Å². The third-order valence-electron chi connectivity index (χ3n) is 22.1. The van der Waals surface area contributed by atoms with Gasteiger partial charge in [0.25, 0.3) is 0 Å². The molecule has 416 valence electrons. The summed E-state index contributed by atoms with van der Waals surface area (Å²) in [7, 11) is -5.65. The number of benzene rings is 3. The van der Waals surface area contributed by atoms with Crippen LogP contribution in [0, 0.1) is 42.4 Å². The van der Waals surface area contributed by atoms with Crippen molar-refractivity contribution in [2.75, 3.05) is 50.3 Å². The van der Waals surface area contributed by atoms with E-state index < -0.39 is 15.6 Å². The molecule has 3 heterocycles. The first-order valence-electron chi connectivity index (χ1n) is 30.1. The fourth-order valence-electron chi connectivity index (χ4n) is 18.2. The lowest BCUT2D eigenvalue weighted by atomic mass is 9.52. The molecular formula is C63H85Cl2F3N4O3S. The van der Waals surface area contributed by atoms with Gasteiger partial charge >= 0.3 is 15.6 Å². The molecule has 76 heavy (non-hydrogen) atoms. The summed E-state index contributed by atoms with van der Waals surface area (Å²) in [6.45, 7) is 9.93. The summed E-state index contributed by atoms with van der Waals surface area (Å²) in [5.41, 5.74) is 13.0. The maximum Gasteiger partial charge on any atom is 0.534 e. The fraction of sp³-hybridized carbons (Fsp3) is 0.714. The second kappa shape index (κ2) is 21.4. The first-order valence-corrected chi connectivity index (χ1v) is 32.6. The van der Waals surface area contributed by atoms with E-state index in [1.54, 1.807) is 34.4 Å². The molecule has 9 aliphatic carbocycles. The van der Waals surface area contributed by atoms with Crippen LogP contribution in [0.25, 0.3) is 0 Å². The average Bonchev–Trinajstić information content (AvgIpc) is 4.41. The van der Waals surface area contributed by atoms with Gasteiger partial charge in [-0.1, -0.05) is 74.4 Å². The zero-order valence-corrected chi connectivity index (χ0v) is 47.6. The molecule has 12 aliphatic rings. The molecule has 9 atom stereocenters. The Balaban J connectivity index is 0.000000113. The van der Waals surface area contributed by atoms with Crippen LogP contribution in [0.5, 0.6) is 5.75 Å². The van der Waals surface area contributed by atoms with E-state index in [2.05, 4.69) is 62.2 Å². The standard InChI is InChI=1S/C21H26F3NO3S.C21H29N.C20H28N2.CH2Cl2/c22-21(23,24)29(26,27)28-16-7-6-15-11-19-17-3-1-2-8-20(17,18(15)12-16)9-10-25(19)13-14-4-5-14;1-15-5-8-17-13-20-18-4-2-3-9-21(18,19(17)12-15)10-11-22(20)14-16-6-7-16;21-16-7-6-15-11-19-17-3-1-2-8-20(17,18(15)12-16)9-10-22(19)13-14-4-5-14;2-1-3/h6-7,12,14,17,19H,1-5,8-11,13H2;5,8,12,16,18,20H,2-4,6-7,9-11,13-14H2,1H3;6-7,12,14,17,19H,1-5,8-11,13,21H2;1H2. The van der Waals surface area contributed by atoms with E-state index in [0.717, 1.165) is 104 Å². The summed E-state index contributed by atoms with van der Waals surface area (Å²) in [4.78, 5) is 8.45. The van der Waals surface area contributed by atoms with Gasteiger partial charge in [-0.15, -0.1) is 23.2 Å². The number of hydrogen-bond donors (Lipinski definition) is 1. The molecule has 9 fully saturated rings. The molecule has 0 radical (unpaired) electrons. The van der Waals surface area contributed by atoms with Gasteiger partial charge in [-0.25, -0.2) is 0 Å². The maximum atomic E-state index is 12.8. The summed E-state index contributed by atoms with van der Waals surface area (Å²) in [6, 6.07) is 21.1. The van der Waals surface area contributed by atoms with E-state index in [4.69, 9.17) is 28.9 Å². The van der Waals surface area contributed by atoms with Crippen molar-refractivity contribution < 1.29 is 25.8 Å². The molecular weight excluding hydrogens is 1020 g/mol. The SMILES string of the molecule is Cc1ccc2c(c1)C13CCCCC1C(C2)N(CC1CC1)CC3.ClCCl.Nc1ccc2c(c1)C13CCCCC1C(C2)N(CC1CC1)CC3.O=S(=O)(Oc1ccc2c(c1)C13CCCCC1C(C2)N(CC1CC1)CC3)C(F)(F)F. The minimum Gasteiger partial charge on any atom is -0.399 e. The fourth-order valence-corrected chi connectivity index (χ4v) is 18.6. The second-order valence-electron chi connectivity index (χ2n) is 26.4. The quantitative estimate of drug-likeness (QED) is 0.104. The van der Waals surface area contributed by atoms with Gasteiger partial charge in [-0.3, -0.25) is 14.7 Å². The molecule has 6 bridgehead atoms. The Morgan fingerprint density at radius 2 is 0.934 bits per heavy atom.